The molecule has 0 spiro atoms. The minimum atomic E-state index is -1.10. The molecule has 2 aromatic carbocycles. The molecule has 3 rings (SSSR count). The van der Waals surface area contributed by atoms with E-state index in [-0.39, 0.29) is 6.05 Å². The number of nitrogens with one attached hydrogen (secondary N) is 1. The number of hydrogen-bond donors (Lipinski definition) is 1. The minimum Gasteiger partial charge on any atom is -0.456 e. The molecule has 2 nitrogen and oxygen atoms in total. The predicted octanol–water partition coefficient (Wildman–Crippen LogP) is 4.33. The van der Waals surface area contributed by atoms with Crippen molar-refractivity contribution in [3.05, 3.63) is 67.2 Å². The molecule has 0 aliphatic heterocycles. The minimum absolute atomic E-state index is 0.173. The number of fused-ring (bicyclic) bond motifs is 3. The maximum atomic E-state index is 7.86. The molecule has 3 aromatic rings. The molecule has 2 heteroatoms. The molecule has 1 unspecified atom stereocenters. The van der Waals surface area contributed by atoms with Crippen molar-refractivity contribution in [1.82, 2.24) is 5.32 Å². The molecule has 1 atom stereocenters. The Bertz CT molecular complexity index is 913. The maximum absolute atomic E-state index is 7.86. The third-order valence-electron chi connectivity index (χ3n) is 3.00. The zero-order chi connectivity index (χ0) is 16.4. The van der Waals surface area contributed by atoms with Gasteiger partial charge in [0, 0.05) is 28.6 Å². The van der Waals surface area contributed by atoms with Gasteiger partial charge in [-0.2, -0.15) is 0 Å². The lowest BCUT2D eigenvalue weighted by Gasteiger charge is -2.08. The van der Waals surface area contributed by atoms with Gasteiger partial charge in [0.1, 0.15) is 11.2 Å². The van der Waals surface area contributed by atoms with Crippen LogP contribution in [0.4, 0.5) is 0 Å². The van der Waals surface area contributed by atoms with Crippen LogP contribution in [0.15, 0.2) is 66.0 Å². The third-order valence-corrected chi connectivity index (χ3v) is 3.00. The average molecular weight is 253 g/mol. The van der Waals surface area contributed by atoms with Crippen molar-refractivity contribution in [1.29, 1.82) is 0 Å². The van der Waals surface area contributed by atoms with Crippen LogP contribution in [0.3, 0.4) is 0 Å². The molecule has 0 saturated heterocycles. The van der Waals surface area contributed by atoms with Crippen molar-refractivity contribution < 1.29 is 9.90 Å². The summed E-state index contributed by atoms with van der Waals surface area (Å²) in [6, 6.07) is 13.0. The van der Waals surface area contributed by atoms with Gasteiger partial charge in [-0.25, -0.2) is 0 Å². The molecule has 1 aromatic heterocycles. The normalized spacial score (nSPS) is 17.7. The molecular weight excluding hydrogens is 234 g/mol. The van der Waals surface area contributed by atoms with Crippen molar-refractivity contribution >= 4 is 27.6 Å². The second-order valence-electron chi connectivity index (χ2n) is 4.15. The van der Waals surface area contributed by atoms with Gasteiger partial charge in [-0.15, -0.1) is 6.55 Å². The quantitative estimate of drug-likeness (QED) is 0.700. The Morgan fingerprint density at radius 2 is 2.21 bits per heavy atom. The second kappa shape index (κ2) is 4.65. The van der Waals surface area contributed by atoms with E-state index in [2.05, 4.69) is 5.32 Å². The van der Waals surface area contributed by atoms with Gasteiger partial charge in [0.15, 0.2) is 0 Å². The van der Waals surface area contributed by atoms with Crippen LogP contribution >= 0.6 is 0 Å². The Hall–Kier alpha value is -2.48. The lowest BCUT2D eigenvalue weighted by Crippen LogP contribution is -2.10. The van der Waals surface area contributed by atoms with Crippen LogP contribution in [0.1, 0.15) is 11.0 Å². The molecule has 1 heterocycles. The standard InChI is InChI=1S/C17H15NO/c1-3-11-18-12(2)13-8-6-10-16-17(13)14-7-4-5-9-15(14)19-16/h3-10,18H,1-2,11H2/i1D,2D,3D,11D. The van der Waals surface area contributed by atoms with Gasteiger partial charge in [-0.1, -0.05) is 42.9 Å². The average Bonchev–Trinajstić information content (AvgIpc) is 2.97. The number of para-hydroxylation sites is 1. The number of benzene rings is 2. The van der Waals surface area contributed by atoms with E-state index in [1.165, 1.54) is 0 Å². The first-order valence-electron chi connectivity index (χ1n) is 8.12. The summed E-state index contributed by atoms with van der Waals surface area (Å²) in [6.07, 6.45) is 0. The van der Waals surface area contributed by atoms with Gasteiger partial charge in [0.05, 0.1) is 5.48 Å². The summed E-state index contributed by atoms with van der Waals surface area (Å²) in [7, 11) is 0. The fraction of sp³-hybridized carbons (Fsp3) is 0.0588. The molecule has 0 bridgehead atoms. The summed E-state index contributed by atoms with van der Waals surface area (Å²) in [4.78, 5) is 0. The van der Waals surface area contributed by atoms with Crippen LogP contribution in [0.2, 0.25) is 0 Å². The highest BCUT2D eigenvalue weighted by Gasteiger charge is 2.11. The summed E-state index contributed by atoms with van der Waals surface area (Å²) in [5.41, 5.74) is 2.61. The summed E-state index contributed by atoms with van der Waals surface area (Å²) < 4.78 is 35.9. The predicted molar refractivity (Wildman–Crippen MR) is 81.0 cm³/mol. The Labute approximate surface area is 117 Å². The molecule has 94 valence electrons. The molecule has 0 amide bonds. The first-order valence-corrected chi connectivity index (χ1v) is 5.88. The molecule has 0 radical (unpaired) electrons. The monoisotopic (exact) mass is 253 g/mol. The fourth-order valence-corrected chi connectivity index (χ4v) is 2.20. The molecule has 0 saturated carbocycles. The topological polar surface area (TPSA) is 25.2 Å². The summed E-state index contributed by atoms with van der Waals surface area (Å²) in [5.74, 6) is 0. The van der Waals surface area contributed by atoms with E-state index in [0.717, 1.165) is 35.0 Å². The van der Waals surface area contributed by atoms with E-state index in [4.69, 9.17) is 9.90 Å². The van der Waals surface area contributed by atoms with E-state index >= 15 is 0 Å². The zero-order valence-corrected chi connectivity index (χ0v) is 10.2. The van der Waals surface area contributed by atoms with Crippen molar-refractivity contribution in [3.8, 4) is 0 Å². The Kier molecular flexibility index (Phi) is 1.92. The van der Waals surface area contributed by atoms with Gasteiger partial charge in [-0.05, 0) is 12.1 Å². The molecule has 0 fully saturated rings. The van der Waals surface area contributed by atoms with Crippen molar-refractivity contribution in [2.24, 2.45) is 0 Å². The van der Waals surface area contributed by atoms with Crippen LogP contribution in [0.5, 0.6) is 0 Å². The smallest absolute Gasteiger partial charge is 0.136 e. The number of hydrogen-bond acceptors (Lipinski definition) is 2. The lowest BCUT2D eigenvalue weighted by atomic mass is 10.0. The highest BCUT2D eigenvalue weighted by molar-refractivity contribution is 6.09. The fourth-order valence-electron chi connectivity index (χ4n) is 2.20. The van der Waals surface area contributed by atoms with E-state index in [0.29, 0.717) is 11.3 Å². The first-order chi connectivity index (χ1) is 11.2. The van der Waals surface area contributed by atoms with Crippen molar-refractivity contribution in [2.75, 3.05) is 6.52 Å². The van der Waals surface area contributed by atoms with E-state index in [1.807, 2.05) is 42.5 Å². The number of rotatable bonds is 4. The SMILES string of the molecule is [2H]C=C(NC([2H])C([2H])=C[2H])c1cccc2oc3ccccc3c12. The molecule has 19 heavy (non-hydrogen) atoms. The molecule has 1 N–H and O–H groups in total. The van der Waals surface area contributed by atoms with Crippen LogP contribution in [-0.4, -0.2) is 6.52 Å². The Morgan fingerprint density at radius 3 is 3.11 bits per heavy atom. The highest BCUT2D eigenvalue weighted by atomic mass is 16.3. The summed E-state index contributed by atoms with van der Waals surface area (Å²) in [5, 5.41) is 4.60. The second-order valence-corrected chi connectivity index (χ2v) is 4.15. The first kappa shape index (κ1) is 7.85. The van der Waals surface area contributed by atoms with Crippen LogP contribution < -0.4 is 5.32 Å². The van der Waals surface area contributed by atoms with Crippen LogP contribution in [-0.2, 0) is 0 Å². The third kappa shape index (κ3) is 1.91. The van der Waals surface area contributed by atoms with E-state index in [1.54, 1.807) is 0 Å². The molecule has 0 aliphatic carbocycles. The van der Waals surface area contributed by atoms with Gasteiger partial charge in [-0.3, -0.25) is 0 Å². The van der Waals surface area contributed by atoms with E-state index in [9.17, 15) is 0 Å². The van der Waals surface area contributed by atoms with Crippen LogP contribution in [0.25, 0.3) is 27.6 Å². The van der Waals surface area contributed by atoms with Crippen molar-refractivity contribution in [3.63, 3.8) is 0 Å². The summed E-state index contributed by atoms with van der Waals surface area (Å²) >= 11 is 0. The van der Waals surface area contributed by atoms with E-state index < -0.39 is 6.52 Å². The maximum Gasteiger partial charge on any atom is 0.136 e. The molecule has 0 aliphatic rings. The molecular formula is C17H15NO. The van der Waals surface area contributed by atoms with Gasteiger partial charge in [0.25, 0.3) is 0 Å². The Morgan fingerprint density at radius 1 is 1.32 bits per heavy atom. The van der Waals surface area contributed by atoms with Crippen molar-refractivity contribution in [2.45, 2.75) is 0 Å². The number of furan rings is 1. The van der Waals surface area contributed by atoms with Gasteiger partial charge < -0.3 is 9.73 Å². The lowest BCUT2D eigenvalue weighted by molar-refractivity contribution is 0.669. The largest absolute Gasteiger partial charge is 0.456 e. The van der Waals surface area contributed by atoms with Crippen LogP contribution in [0, 0.1) is 0 Å². The zero-order valence-electron chi connectivity index (χ0n) is 14.2. The summed E-state index contributed by atoms with van der Waals surface area (Å²) in [6.45, 7) is 0.840. The van der Waals surface area contributed by atoms with Gasteiger partial charge >= 0.3 is 0 Å². The Balaban J connectivity index is 2.14. The highest BCUT2D eigenvalue weighted by Crippen LogP contribution is 2.33. The van der Waals surface area contributed by atoms with Gasteiger partial charge in [0.2, 0.25) is 0 Å².